The highest BCUT2D eigenvalue weighted by atomic mass is 35.5. The highest BCUT2D eigenvalue weighted by Crippen LogP contribution is 2.41. The van der Waals surface area contributed by atoms with E-state index in [2.05, 4.69) is 16.0 Å². The molecule has 5 N–H and O–H groups in total. The Balaban J connectivity index is 0.00000345. The predicted molar refractivity (Wildman–Crippen MR) is 162 cm³/mol. The van der Waals surface area contributed by atoms with Gasteiger partial charge in [0.1, 0.15) is 23.5 Å². The van der Waals surface area contributed by atoms with Crippen molar-refractivity contribution in [2.75, 3.05) is 7.05 Å². The van der Waals surface area contributed by atoms with E-state index in [9.17, 15) is 32.3 Å². The summed E-state index contributed by atoms with van der Waals surface area (Å²) in [4.78, 5) is 55.0. The summed E-state index contributed by atoms with van der Waals surface area (Å²) >= 11 is 6.13. The molecule has 15 heteroatoms. The summed E-state index contributed by atoms with van der Waals surface area (Å²) < 4.78 is 47.8. The van der Waals surface area contributed by atoms with Crippen LogP contribution in [0.5, 0.6) is 5.75 Å². The van der Waals surface area contributed by atoms with Gasteiger partial charge in [-0.15, -0.1) is 0 Å². The molecular weight excluding hydrogens is 617 g/mol. The minimum Gasteiger partial charge on any atom is -0.452 e. The Labute approximate surface area is 263 Å². The number of likely N-dealkylation sites (tertiary alicyclic amines) is 1. The van der Waals surface area contributed by atoms with Crippen molar-refractivity contribution in [3.8, 4) is 5.75 Å². The van der Waals surface area contributed by atoms with E-state index >= 15 is 0 Å². The number of benzene rings is 1. The number of hydrogen-bond acceptors (Lipinski definition) is 8. The summed E-state index contributed by atoms with van der Waals surface area (Å²) in [6.45, 7) is 5.28. The Kier molecular flexibility index (Phi) is 13.2. The van der Waals surface area contributed by atoms with Crippen molar-refractivity contribution in [2.45, 2.75) is 70.9 Å². The number of alkyl halides is 3. The molecule has 244 valence electrons. The zero-order valence-corrected chi connectivity index (χ0v) is 26.1. The van der Waals surface area contributed by atoms with Crippen LogP contribution in [0.2, 0.25) is 5.02 Å². The maximum Gasteiger partial charge on any atom is 0.410 e. The van der Waals surface area contributed by atoms with Crippen LogP contribution >= 0.6 is 11.6 Å². The zero-order chi connectivity index (χ0) is 34.1. The summed E-state index contributed by atoms with van der Waals surface area (Å²) in [7, 11) is 1.50. The van der Waals surface area contributed by atoms with Gasteiger partial charge in [-0.05, 0) is 70.5 Å². The number of hydrogen-bond donors (Lipinski definition) is 4. The Morgan fingerprint density at radius 1 is 1.16 bits per heavy atom. The third-order valence-electron chi connectivity index (χ3n) is 6.70. The number of carbonyl (C=O) groups excluding carboxylic acids is 4. The number of halogens is 4. The Bertz CT molecular complexity index is 1450. The minimum atomic E-state index is -4.86. The fourth-order valence-electron chi connectivity index (χ4n) is 4.90. The van der Waals surface area contributed by atoms with Crippen LogP contribution < -0.4 is 21.1 Å². The van der Waals surface area contributed by atoms with Crippen molar-refractivity contribution in [1.29, 1.82) is 5.41 Å². The Morgan fingerprint density at radius 2 is 1.82 bits per heavy atom. The van der Waals surface area contributed by atoms with Crippen molar-refractivity contribution in [3.05, 3.63) is 70.2 Å². The normalized spacial score (nSPS) is 17.7. The van der Waals surface area contributed by atoms with E-state index in [1.54, 1.807) is 24.3 Å². The second-order valence-corrected chi connectivity index (χ2v) is 10.5. The van der Waals surface area contributed by atoms with Crippen LogP contribution in [0.3, 0.4) is 0 Å². The maximum atomic E-state index is 14.1. The second kappa shape index (κ2) is 16.1. The van der Waals surface area contributed by atoms with E-state index in [1.165, 1.54) is 46.0 Å². The second-order valence-electron chi connectivity index (χ2n) is 10.1. The largest absolute Gasteiger partial charge is 0.452 e. The minimum absolute atomic E-state index is 0.0645. The van der Waals surface area contributed by atoms with Crippen molar-refractivity contribution in [2.24, 2.45) is 5.73 Å². The van der Waals surface area contributed by atoms with Crippen LogP contribution in [0.25, 0.3) is 0 Å². The fourth-order valence-corrected chi connectivity index (χ4v) is 5.10. The number of ether oxygens (including phenoxy) is 1. The van der Waals surface area contributed by atoms with E-state index in [1.807, 2.05) is 5.32 Å². The first kappa shape index (κ1) is 36.9. The molecule has 1 aliphatic heterocycles. The van der Waals surface area contributed by atoms with Crippen molar-refractivity contribution in [1.82, 2.24) is 20.5 Å². The Hall–Kier alpha value is -4.30. The first-order chi connectivity index (χ1) is 21.1. The lowest BCUT2D eigenvalue weighted by Crippen LogP contribution is -2.60. The summed E-state index contributed by atoms with van der Waals surface area (Å²) in [6.07, 6.45) is -3.13. The SMILES string of the molecule is CC(=N)/C=C(\C=O)Oc1ccc(C(=O)N[C@H](C)C(=O)N2C(c3cccc(Cl)c3)CCC2C(NC(C)=O)C(F)(F)F)nc1C.CN. The van der Waals surface area contributed by atoms with Crippen LogP contribution in [-0.4, -0.2) is 71.0 Å². The van der Waals surface area contributed by atoms with Gasteiger partial charge in [-0.1, -0.05) is 23.7 Å². The topological polar surface area (TPSA) is 168 Å². The van der Waals surface area contributed by atoms with Gasteiger partial charge in [0, 0.05) is 23.7 Å². The van der Waals surface area contributed by atoms with E-state index in [-0.39, 0.29) is 41.4 Å². The smallest absolute Gasteiger partial charge is 0.410 e. The molecule has 1 saturated heterocycles. The number of nitrogens with one attached hydrogen (secondary N) is 3. The van der Waals surface area contributed by atoms with Crippen LogP contribution in [0.1, 0.15) is 61.4 Å². The highest BCUT2D eigenvalue weighted by molar-refractivity contribution is 6.30. The third kappa shape index (κ3) is 9.85. The van der Waals surface area contributed by atoms with Gasteiger partial charge in [0.05, 0.1) is 17.8 Å². The average Bonchev–Trinajstić information content (AvgIpc) is 3.40. The van der Waals surface area contributed by atoms with Gasteiger partial charge < -0.3 is 31.4 Å². The lowest BCUT2D eigenvalue weighted by molar-refractivity contribution is -0.176. The summed E-state index contributed by atoms with van der Waals surface area (Å²) in [5, 5.41) is 12.2. The van der Waals surface area contributed by atoms with Gasteiger partial charge in [-0.2, -0.15) is 13.2 Å². The number of aromatic nitrogens is 1. The number of nitrogens with zero attached hydrogens (tertiary/aromatic N) is 2. The number of pyridine rings is 1. The summed E-state index contributed by atoms with van der Waals surface area (Å²) in [5.41, 5.74) is 5.21. The molecule has 0 bridgehead atoms. The standard InChI is InChI=1S/C29H31ClF3N5O5.CH5N/c1-15(34)12-21(14-39)43-25-11-8-22(35-16(25)2)27(41)36-17(3)28(42)38-23(19-6-5-7-20(30)13-19)9-10-24(38)26(29(31,32)33)37-18(4)40;1-2/h5-8,11-14,17,23-24,26,34H,9-10H2,1-4H3,(H,36,41)(H,37,40);2H2,1H3/b21-12+,34-15?;/t17-,23?,24?,26?;/m1./s1. The van der Waals surface area contributed by atoms with Crippen LogP contribution in [0.15, 0.2) is 48.2 Å². The van der Waals surface area contributed by atoms with Gasteiger partial charge in [0.25, 0.3) is 5.91 Å². The quantitative estimate of drug-likeness (QED) is 0.130. The number of rotatable bonds is 10. The maximum absolute atomic E-state index is 14.1. The molecule has 11 nitrogen and oxygen atoms in total. The van der Waals surface area contributed by atoms with Gasteiger partial charge in [-0.25, -0.2) is 4.98 Å². The molecular formula is C30H36ClF3N6O5. The predicted octanol–water partition coefficient (Wildman–Crippen LogP) is 4.04. The Morgan fingerprint density at radius 3 is 2.36 bits per heavy atom. The van der Waals surface area contributed by atoms with Crippen molar-refractivity contribution in [3.63, 3.8) is 0 Å². The average molecular weight is 653 g/mol. The molecule has 4 atom stereocenters. The third-order valence-corrected chi connectivity index (χ3v) is 6.94. The van der Waals surface area contributed by atoms with Crippen LogP contribution in [0, 0.1) is 12.3 Å². The van der Waals surface area contributed by atoms with Gasteiger partial charge in [0.2, 0.25) is 11.8 Å². The molecule has 3 amide bonds. The molecule has 0 radical (unpaired) electrons. The fraction of sp³-hybridized carbons (Fsp3) is 0.400. The number of aldehydes is 1. The molecule has 1 aromatic heterocycles. The number of nitrogens with two attached hydrogens (primary N) is 1. The molecule has 0 spiro atoms. The number of aryl methyl sites for hydroxylation is 1. The molecule has 2 aromatic rings. The molecule has 45 heavy (non-hydrogen) atoms. The molecule has 1 aliphatic rings. The van der Waals surface area contributed by atoms with Crippen LogP contribution in [0.4, 0.5) is 13.2 Å². The van der Waals surface area contributed by atoms with Gasteiger partial charge >= 0.3 is 6.18 Å². The molecule has 1 fully saturated rings. The van der Waals surface area contributed by atoms with Crippen LogP contribution in [-0.2, 0) is 14.4 Å². The zero-order valence-electron chi connectivity index (χ0n) is 25.4. The first-order valence-electron chi connectivity index (χ1n) is 13.8. The first-order valence-corrected chi connectivity index (χ1v) is 14.2. The summed E-state index contributed by atoms with van der Waals surface area (Å²) in [6, 6.07) is 3.24. The molecule has 3 unspecified atom stereocenters. The number of allylic oxidation sites excluding steroid dienone is 2. The summed E-state index contributed by atoms with van der Waals surface area (Å²) in [5.74, 6) is -2.46. The van der Waals surface area contributed by atoms with E-state index in [4.69, 9.17) is 21.7 Å². The van der Waals surface area contributed by atoms with Gasteiger partial charge in [-0.3, -0.25) is 19.2 Å². The number of amides is 3. The molecule has 0 saturated carbocycles. The molecule has 0 aliphatic carbocycles. The van der Waals surface area contributed by atoms with Crippen molar-refractivity contribution < 1.29 is 37.1 Å². The monoisotopic (exact) mass is 652 g/mol. The van der Waals surface area contributed by atoms with E-state index in [0.717, 1.165) is 11.8 Å². The van der Waals surface area contributed by atoms with Gasteiger partial charge in [0.15, 0.2) is 12.0 Å². The van der Waals surface area contributed by atoms with E-state index < -0.39 is 48.1 Å². The number of carbonyl (C=O) groups is 4. The lowest BCUT2D eigenvalue weighted by Gasteiger charge is -2.37. The molecule has 2 heterocycles. The molecule has 3 rings (SSSR count). The molecule has 1 aromatic carbocycles. The highest BCUT2D eigenvalue weighted by Gasteiger charge is 2.53. The lowest BCUT2D eigenvalue weighted by atomic mass is 10.0. The van der Waals surface area contributed by atoms with E-state index in [0.29, 0.717) is 16.9 Å². The van der Waals surface area contributed by atoms with Crippen molar-refractivity contribution >= 4 is 41.3 Å².